The van der Waals surface area contributed by atoms with Crippen LogP contribution in [0.5, 0.6) is 0 Å². The minimum atomic E-state index is -0.101. The number of amides is 1. The predicted octanol–water partition coefficient (Wildman–Crippen LogP) is 2.21. The molecule has 0 fully saturated rings. The Bertz CT molecular complexity index is 749. The fraction of sp³-hybridized carbons (Fsp3) is 0.353. The van der Waals surface area contributed by atoms with Crippen molar-refractivity contribution in [3.63, 3.8) is 0 Å². The van der Waals surface area contributed by atoms with E-state index in [2.05, 4.69) is 11.7 Å². The van der Waals surface area contributed by atoms with Crippen LogP contribution in [0, 0.1) is 0 Å². The Morgan fingerprint density at radius 1 is 1.36 bits per heavy atom. The van der Waals surface area contributed by atoms with Gasteiger partial charge in [-0.2, -0.15) is 5.10 Å². The second kappa shape index (κ2) is 7.02. The van der Waals surface area contributed by atoms with Crippen LogP contribution < -0.4 is 5.43 Å². The van der Waals surface area contributed by atoms with Gasteiger partial charge >= 0.3 is 0 Å². The van der Waals surface area contributed by atoms with E-state index < -0.39 is 0 Å². The maximum atomic E-state index is 12.3. The monoisotopic (exact) mass is 299 g/mol. The Labute approximate surface area is 129 Å². The van der Waals surface area contributed by atoms with Crippen molar-refractivity contribution >= 4 is 16.8 Å². The molecule has 2 rings (SSSR count). The summed E-state index contributed by atoms with van der Waals surface area (Å²) >= 11 is 0. The van der Waals surface area contributed by atoms with E-state index in [9.17, 15) is 9.59 Å². The van der Waals surface area contributed by atoms with Crippen LogP contribution in [0.15, 0.2) is 47.4 Å². The van der Waals surface area contributed by atoms with Crippen LogP contribution in [-0.4, -0.2) is 33.7 Å². The van der Waals surface area contributed by atoms with Gasteiger partial charge in [-0.1, -0.05) is 24.3 Å². The van der Waals surface area contributed by atoms with E-state index in [1.54, 1.807) is 15.6 Å². The molecule has 0 atom stereocenters. The van der Waals surface area contributed by atoms with Crippen LogP contribution in [0.25, 0.3) is 10.9 Å². The smallest absolute Gasteiger partial charge is 0.224 e. The highest BCUT2D eigenvalue weighted by Gasteiger charge is 2.12. The third-order valence-electron chi connectivity index (χ3n) is 3.49. The SMILES string of the molecule is C=C(C)CN(CC)C(=O)CCn1ncc(=O)c2ccccc21. The Balaban J connectivity index is 2.15. The van der Waals surface area contributed by atoms with Crippen LogP contribution >= 0.6 is 0 Å². The molecule has 0 radical (unpaired) electrons. The first-order valence-corrected chi connectivity index (χ1v) is 7.40. The summed E-state index contributed by atoms with van der Waals surface area (Å²) in [6, 6.07) is 7.31. The molecular weight excluding hydrogens is 278 g/mol. The lowest BCUT2D eigenvalue weighted by Gasteiger charge is -2.21. The number of para-hydroxylation sites is 1. The summed E-state index contributed by atoms with van der Waals surface area (Å²) in [5, 5.41) is 4.76. The van der Waals surface area contributed by atoms with Crippen LogP contribution in [0.4, 0.5) is 0 Å². The molecule has 22 heavy (non-hydrogen) atoms. The van der Waals surface area contributed by atoms with E-state index >= 15 is 0 Å². The van der Waals surface area contributed by atoms with Gasteiger partial charge in [0.05, 0.1) is 18.3 Å². The number of fused-ring (bicyclic) bond motifs is 1. The van der Waals surface area contributed by atoms with Crippen molar-refractivity contribution in [2.75, 3.05) is 13.1 Å². The van der Waals surface area contributed by atoms with Crippen molar-refractivity contribution in [2.45, 2.75) is 26.8 Å². The molecule has 1 amide bonds. The molecule has 0 bridgehead atoms. The zero-order valence-corrected chi connectivity index (χ0v) is 13.1. The van der Waals surface area contributed by atoms with Crippen molar-refractivity contribution in [2.24, 2.45) is 0 Å². The maximum absolute atomic E-state index is 12.3. The topological polar surface area (TPSA) is 55.2 Å². The molecule has 5 heteroatoms. The van der Waals surface area contributed by atoms with Crippen molar-refractivity contribution in [1.29, 1.82) is 0 Å². The summed E-state index contributed by atoms with van der Waals surface area (Å²) < 4.78 is 1.71. The quantitative estimate of drug-likeness (QED) is 0.768. The molecule has 0 saturated heterocycles. The molecule has 1 heterocycles. The molecule has 0 aliphatic heterocycles. The number of likely N-dealkylation sites (N-methyl/N-ethyl adjacent to an activating group) is 1. The highest BCUT2D eigenvalue weighted by atomic mass is 16.2. The molecule has 0 saturated carbocycles. The van der Waals surface area contributed by atoms with E-state index in [1.807, 2.05) is 32.0 Å². The Hall–Kier alpha value is -2.43. The first-order valence-electron chi connectivity index (χ1n) is 7.40. The van der Waals surface area contributed by atoms with Gasteiger partial charge in [-0.15, -0.1) is 0 Å². The van der Waals surface area contributed by atoms with E-state index in [4.69, 9.17) is 0 Å². The number of aromatic nitrogens is 2. The predicted molar refractivity (Wildman–Crippen MR) is 87.7 cm³/mol. The maximum Gasteiger partial charge on any atom is 0.224 e. The van der Waals surface area contributed by atoms with Gasteiger partial charge < -0.3 is 4.90 Å². The zero-order valence-electron chi connectivity index (χ0n) is 13.1. The summed E-state index contributed by atoms with van der Waals surface area (Å²) in [5.41, 5.74) is 1.61. The third kappa shape index (κ3) is 3.61. The molecule has 116 valence electrons. The van der Waals surface area contributed by atoms with E-state index in [0.29, 0.717) is 31.4 Å². The number of benzene rings is 1. The third-order valence-corrected chi connectivity index (χ3v) is 3.49. The lowest BCUT2D eigenvalue weighted by atomic mass is 10.2. The molecule has 1 aromatic carbocycles. The minimum absolute atomic E-state index is 0.0649. The Morgan fingerprint density at radius 3 is 2.77 bits per heavy atom. The fourth-order valence-electron chi connectivity index (χ4n) is 2.40. The molecule has 2 aromatic rings. The largest absolute Gasteiger partial charge is 0.339 e. The summed E-state index contributed by atoms with van der Waals surface area (Å²) in [6.07, 6.45) is 1.65. The molecule has 0 unspecified atom stereocenters. The molecule has 0 aliphatic carbocycles. The Kier molecular flexibility index (Phi) is 5.09. The highest BCUT2D eigenvalue weighted by molar-refractivity contribution is 5.79. The van der Waals surface area contributed by atoms with Crippen molar-refractivity contribution < 1.29 is 4.79 Å². The summed E-state index contributed by atoms with van der Waals surface area (Å²) in [4.78, 5) is 25.8. The van der Waals surface area contributed by atoms with Gasteiger partial charge in [0, 0.05) is 24.9 Å². The first kappa shape index (κ1) is 15.9. The van der Waals surface area contributed by atoms with Crippen molar-refractivity contribution in [3.05, 3.63) is 52.8 Å². The number of carbonyl (C=O) groups excluding carboxylic acids is 1. The lowest BCUT2D eigenvalue weighted by Crippen LogP contribution is -2.33. The minimum Gasteiger partial charge on any atom is -0.339 e. The normalized spacial score (nSPS) is 10.6. The van der Waals surface area contributed by atoms with Gasteiger partial charge in [-0.05, 0) is 26.0 Å². The number of hydrogen-bond donors (Lipinski definition) is 0. The second-order valence-electron chi connectivity index (χ2n) is 5.36. The molecule has 0 aliphatic rings. The standard InChI is InChI=1S/C17H21N3O2/c1-4-19(12-13(2)3)17(22)9-10-20-15-8-6-5-7-14(15)16(21)11-18-20/h5-8,11H,2,4,9-10,12H2,1,3H3. The molecule has 1 aromatic heterocycles. The second-order valence-corrected chi connectivity index (χ2v) is 5.36. The van der Waals surface area contributed by atoms with Gasteiger partial charge in [-0.3, -0.25) is 14.3 Å². The Morgan fingerprint density at radius 2 is 2.09 bits per heavy atom. The van der Waals surface area contributed by atoms with Crippen LogP contribution in [-0.2, 0) is 11.3 Å². The number of nitrogens with zero attached hydrogens (tertiary/aromatic N) is 3. The van der Waals surface area contributed by atoms with Crippen molar-refractivity contribution in [3.8, 4) is 0 Å². The number of aryl methyl sites for hydroxylation is 1. The number of hydrogen-bond acceptors (Lipinski definition) is 3. The van der Waals surface area contributed by atoms with E-state index in [0.717, 1.165) is 11.1 Å². The van der Waals surface area contributed by atoms with E-state index in [-0.39, 0.29) is 11.3 Å². The van der Waals surface area contributed by atoms with Gasteiger partial charge in [0.25, 0.3) is 0 Å². The number of carbonyl (C=O) groups is 1. The highest BCUT2D eigenvalue weighted by Crippen LogP contribution is 2.09. The van der Waals surface area contributed by atoms with Crippen LogP contribution in [0.2, 0.25) is 0 Å². The average molecular weight is 299 g/mol. The van der Waals surface area contributed by atoms with E-state index in [1.165, 1.54) is 6.20 Å². The fourth-order valence-corrected chi connectivity index (χ4v) is 2.40. The first-order chi connectivity index (χ1) is 10.5. The van der Waals surface area contributed by atoms with Crippen LogP contribution in [0.3, 0.4) is 0 Å². The average Bonchev–Trinajstić information content (AvgIpc) is 2.51. The van der Waals surface area contributed by atoms with Crippen molar-refractivity contribution in [1.82, 2.24) is 14.7 Å². The molecule has 0 N–H and O–H groups in total. The van der Waals surface area contributed by atoms with Gasteiger partial charge in [-0.25, -0.2) is 0 Å². The molecule has 5 nitrogen and oxygen atoms in total. The van der Waals surface area contributed by atoms with Crippen LogP contribution in [0.1, 0.15) is 20.3 Å². The molecular formula is C17H21N3O2. The summed E-state index contributed by atoms with van der Waals surface area (Å²) in [7, 11) is 0. The lowest BCUT2D eigenvalue weighted by molar-refractivity contribution is -0.130. The van der Waals surface area contributed by atoms with Gasteiger partial charge in [0.15, 0.2) is 0 Å². The van der Waals surface area contributed by atoms with Gasteiger partial charge in [0.1, 0.15) is 0 Å². The summed E-state index contributed by atoms with van der Waals surface area (Å²) in [5.74, 6) is 0.0649. The summed E-state index contributed by atoms with van der Waals surface area (Å²) in [6.45, 7) is 9.39. The van der Waals surface area contributed by atoms with Gasteiger partial charge in [0.2, 0.25) is 11.3 Å². The molecule has 0 spiro atoms. The number of rotatable bonds is 6. The zero-order chi connectivity index (χ0) is 16.1.